The summed E-state index contributed by atoms with van der Waals surface area (Å²) in [7, 11) is 0. The van der Waals surface area contributed by atoms with E-state index in [0.717, 1.165) is 0 Å². The predicted octanol–water partition coefficient (Wildman–Crippen LogP) is 8.42. The van der Waals surface area contributed by atoms with Crippen molar-refractivity contribution in [3.8, 4) is 0 Å². The molecule has 0 bridgehead atoms. The van der Waals surface area contributed by atoms with Crippen molar-refractivity contribution in [1.82, 2.24) is 0 Å². The molecule has 0 radical (unpaired) electrons. The normalized spacial score (nSPS) is 10.6. The molecule has 0 N–H and O–H groups in total. The topological polar surface area (TPSA) is 0 Å². The van der Waals surface area contributed by atoms with Crippen molar-refractivity contribution in [2.24, 2.45) is 0 Å². The van der Waals surface area contributed by atoms with Gasteiger partial charge >= 0.3 is 0 Å². The fourth-order valence-corrected chi connectivity index (χ4v) is 3.51. The lowest BCUT2D eigenvalue weighted by Crippen LogP contribution is -1.83. The SMILES string of the molecule is CC.CC(C)c1ccccc1.c1cc2ccc3cccc4ccc(c1)c2c34. The smallest absolute Gasteiger partial charge is 0.00268 e. The van der Waals surface area contributed by atoms with Crippen LogP contribution in [-0.2, 0) is 0 Å². The first-order chi connectivity index (χ1) is 13.2. The Kier molecular flexibility index (Phi) is 6.08. The number of hydrogen-bond acceptors (Lipinski definition) is 0. The van der Waals surface area contributed by atoms with Gasteiger partial charge in [-0.15, -0.1) is 0 Å². The van der Waals surface area contributed by atoms with Crippen molar-refractivity contribution in [2.45, 2.75) is 33.6 Å². The fraction of sp³-hybridized carbons (Fsp3) is 0.185. The number of hydrogen-bond donors (Lipinski definition) is 0. The van der Waals surface area contributed by atoms with E-state index < -0.39 is 0 Å². The zero-order valence-corrected chi connectivity index (χ0v) is 16.7. The lowest BCUT2D eigenvalue weighted by Gasteiger charge is -2.09. The summed E-state index contributed by atoms with van der Waals surface area (Å²) in [6, 6.07) is 32.4. The van der Waals surface area contributed by atoms with Crippen molar-refractivity contribution in [3.63, 3.8) is 0 Å². The van der Waals surface area contributed by atoms with Gasteiger partial charge in [-0.05, 0) is 43.8 Å². The minimum absolute atomic E-state index is 0.659. The maximum atomic E-state index is 2.21. The van der Waals surface area contributed by atoms with Gasteiger partial charge < -0.3 is 0 Å². The van der Waals surface area contributed by atoms with Gasteiger partial charge in [-0.3, -0.25) is 0 Å². The molecule has 0 aliphatic rings. The Morgan fingerprint density at radius 1 is 0.444 bits per heavy atom. The summed E-state index contributed by atoms with van der Waals surface area (Å²) in [5.74, 6) is 0.659. The van der Waals surface area contributed by atoms with Gasteiger partial charge in [0.15, 0.2) is 0 Å². The highest BCUT2D eigenvalue weighted by atomic mass is 14.1. The molecule has 0 heterocycles. The molecule has 0 aliphatic heterocycles. The van der Waals surface area contributed by atoms with Crippen molar-refractivity contribution in [1.29, 1.82) is 0 Å². The Hall–Kier alpha value is -2.86. The van der Waals surface area contributed by atoms with Gasteiger partial charge in [0, 0.05) is 0 Å². The fourth-order valence-electron chi connectivity index (χ4n) is 3.51. The molecule has 0 fully saturated rings. The monoisotopic (exact) mass is 352 g/mol. The van der Waals surface area contributed by atoms with Crippen LogP contribution in [0, 0.1) is 0 Å². The summed E-state index contributed by atoms with van der Waals surface area (Å²) in [5, 5.41) is 8.14. The molecule has 0 nitrogen and oxygen atoms in total. The highest BCUT2D eigenvalue weighted by Crippen LogP contribution is 2.33. The van der Waals surface area contributed by atoms with Crippen LogP contribution in [0.1, 0.15) is 39.2 Å². The third kappa shape index (κ3) is 3.95. The summed E-state index contributed by atoms with van der Waals surface area (Å²) in [6.45, 7) is 8.41. The van der Waals surface area contributed by atoms with Crippen LogP contribution in [0.5, 0.6) is 0 Å². The second-order valence-electron chi connectivity index (χ2n) is 6.85. The third-order valence-corrected chi connectivity index (χ3v) is 4.86. The summed E-state index contributed by atoms with van der Waals surface area (Å²) in [4.78, 5) is 0. The van der Waals surface area contributed by atoms with Gasteiger partial charge in [0.25, 0.3) is 0 Å². The molecule has 0 saturated carbocycles. The molecule has 136 valence electrons. The van der Waals surface area contributed by atoms with Crippen LogP contribution >= 0.6 is 0 Å². The Balaban J connectivity index is 0.000000164. The van der Waals surface area contributed by atoms with E-state index in [2.05, 4.69) is 98.8 Å². The summed E-state index contributed by atoms with van der Waals surface area (Å²) in [5.41, 5.74) is 1.41. The van der Waals surface area contributed by atoms with E-state index in [1.165, 1.54) is 37.9 Å². The van der Waals surface area contributed by atoms with Crippen LogP contribution in [0.4, 0.5) is 0 Å². The Labute approximate surface area is 162 Å². The molecule has 0 unspecified atom stereocenters. The molecule has 0 aliphatic carbocycles. The Morgan fingerprint density at radius 2 is 0.815 bits per heavy atom. The van der Waals surface area contributed by atoms with Gasteiger partial charge in [-0.25, -0.2) is 0 Å². The first kappa shape index (κ1) is 18.9. The van der Waals surface area contributed by atoms with E-state index in [-0.39, 0.29) is 0 Å². The number of benzene rings is 5. The van der Waals surface area contributed by atoms with E-state index in [1.807, 2.05) is 19.9 Å². The second-order valence-corrected chi connectivity index (χ2v) is 6.85. The molecule has 0 atom stereocenters. The number of rotatable bonds is 1. The van der Waals surface area contributed by atoms with E-state index in [0.29, 0.717) is 5.92 Å². The molecule has 0 heteroatoms. The van der Waals surface area contributed by atoms with Crippen molar-refractivity contribution >= 4 is 32.3 Å². The van der Waals surface area contributed by atoms with Crippen LogP contribution in [0.15, 0.2) is 91.0 Å². The highest BCUT2D eigenvalue weighted by molar-refractivity contribution is 6.22. The van der Waals surface area contributed by atoms with Crippen LogP contribution < -0.4 is 0 Å². The second kappa shape index (κ2) is 8.68. The standard InChI is InChI=1S/C16H10.C9H12.C2H6/c1-3-11-7-9-13-5-2-6-14-10-8-12(4-1)15(11)16(13)14;1-8(2)9-6-4-3-5-7-9;1-2/h1-10H;3-8H,1-2H3;1-2H3. The third-order valence-electron chi connectivity index (χ3n) is 4.86. The Bertz CT molecular complexity index is 974. The summed E-state index contributed by atoms with van der Waals surface area (Å²) < 4.78 is 0. The minimum Gasteiger partial charge on any atom is -0.0683 e. The van der Waals surface area contributed by atoms with Crippen LogP contribution in [0.25, 0.3) is 32.3 Å². The van der Waals surface area contributed by atoms with E-state index in [1.54, 1.807) is 0 Å². The highest BCUT2D eigenvalue weighted by Gasteiger charge is 2.05. The molecule has 0 saturated heterocycles. The molecule has 5 aromatic carbocycles. The molecule has 0 amide bonds. The molecular formula is C27H28. The molecule has 0 aromatic heterocycles. The van der Waals surface area contributed by atoms with Crippen molar-refractivity contribution < 1.29 is 0 Å². The molecular weight excluding hydrogens is 324 g/mol. The van der Waals surface area contributed by atoms with Crippen molar-refractivity contribution in [2.75, 3.05) is 0 Å². The zero-order chi connectivity index (χ0) is 19.2. The van der Waals surface area contributed by atoms with Crippen LogP contribution in [-0.4, -0.2) is 0 Å². The quantitative estimate of drug-likeness (QED) is 0.266. The van der Waals surface area contributed by atoms with Gasteiger partial charge in [0.2, 0.25) is 0 Å². The average Bonchev–Trinajstić information content (AvgIpc) is 2.75. The lowest BCUT2D eigenvalue weighted by atomic mass is 9.95. The van der Waals surface area contributed by atoms with Crippen LogP contribution in [0.3, 0.4) is 0 Å². The first-order valence-corrected chi connectivity index (χ1v) is 9.91. The Morgan fingerprint density at radius 3 is 1.11 bits per heavy atom. The lowest BCUT2D eigenvalue weighted by molar-refractivity contribution is 0.867. The predicted molar refractivity (Wildman–Crippen MR) is 122 cm³/mol. The maximum Gasteiger partial charge on any atom is -0.00268 e. The maximum absolute atomic E-state index is 2.21. The molecule has 5 rings (SSSR count). The summed E-state index contributed by atoms with van der Waals surface area (Å²) in [6.07, 6.45) is 0. The molecule has 27 heavy (non-hydrogen) atoms. The summed E-state index contributed by atoms with van der Waals surface area (Å²) >= 11 is 0. The van der Waals surface area contributed by atoms with Gasteiger partial charge in [-0.2, -0.15) is 0 Å². The van der Waals surface area contributed by atoms with Gasteiger partial charge in [0.05, 0.1) is 0 Å². The molecule has 0 spiro atoms. The largest absolute Gasteiger partial charge is 0.0683 e. The van der Waals surface area contributed by atoms with Gasteiger partial charge in [-0.1, -0.05) is 119 Å². The van der Waals surface area contributed by atoms with Crippen LogP contribution in [0.2, 0.25) is 0 Å². The van der Waals surface area contributed by atoms with E-state index in [9.17, 15) is 0 Å². The minimum atomic E-state index is 0.659. The van der Waals surface area contributed by atoms with Gasteiger partial charge in [0.1, 0.15) is 0 Å². The first-order valence-electron chi connectivity index (χ1n) is 9.91. The van der Waals surface area contributed by atoms with Crippen molar-refractivity contribution in [3.05, 3.63) is 96.6 Å². The average molecular weight is 353 g/mol. The van der Waals surface area contributed by atoms with E-state index in [4.69, 9.17) is 0 Å². The van der Waals surface area contributed by atoms with E-state index >= 15 is 0 Å². The zero-order valence-electron chi connectivity index (χ0n) is 16.7. The molecule has 5 aromatic rings.